The van der Waals surface area contributed by atoms with E-state index in [0.29, 0.717) is 10.8 Å². The Bertz CT molecular complexity index is 1030. The molecule has 3 aromatic carbocycles. The van der Waals surface area contributed by atoms with Gasteiger partial charge in [-0.3, -0.25) is 0 Å². The van der Waals surface area contributed by atoms with Gasteiger partial charge in [-0.05, 0) is 46.9 Å². The van der Waals surface area contributed by atoms with Gasteiger partial charge in [-0.25, -0.2) is 4.79 Å². The minimum Gasteiger partial charge on any atom is -0.480 e. The zero-order chi connectivity index (χ0) is 21.3. The summed E-state index contributed by atoms with van der Waals surface area (Å²) in [6, 6.07) is 24.3. The predicted octanol–water partition coefficient (Wildman–Crippen LogP) is 6.59. The van der Waals surface area contributed by atoms with Crippen molar-refractivity contribution in [2.45, 2.75) is 18.2 Å². The van der Waals surface area contributed by atoms with Crippen LogP contribution < -0.4 is 4.74 Å². The maximum atomic E-state index is 10.7. The number of thioether (sulfide) groups is 1. The SMILES string of the molecule is CCc1ccccc1/C(=C\CSc1ccc(OCC(=O)O)c(Cl)c1)c1ccccc1. The lowest BCUT2D eigenvalue weighted by atomic mass is 9.93. The van der Waals surface area contributed by atoms with E-state index in [0.717, 1.165) is 17.1 Å². The lowest BCUT2D eigenvalue weighted by Gasteiger charge is -2.13. The van der Waals surface area contributed by atoms with Gasteiger partial charge in [-0.15, -0.1) is 11.8 Å². The van der Waals surface area contributed by atoms with E-state index in [-0.39, 0.29) is 0 Å². The van der Waals surface area contributed by atoms with Gasteiger partial charge >= 0.3 is 5.97 Å². The minimum absolute atomic E-state index is 0.376. The van der Waals surface area contributed by atoms with Crippen molar-refractivity contribution < 1.29 is 14.6 Å². The highest BCUT2D eigenvalue weighted by atomic mass is 35.5. The predicted molar refractivity (Wildman–Crippen MR) is 125 cm³/mol. The topological polar surface area (TPSA) is 46.5 Å². The highest BCUT2D eigenvalue weighted by Gasteiger charge is 2.09. The van der Waals surface area contributed by atoms with Crippen LogP contribution in [0.2, 0.25) is 5.02 Å². The molecule has 0 amide bonds. The Morgan fingerprint density at radius 3 is 2.50 bits per heavy atom. The van der Waals surface area contributed by atoms with Gasteiger partial charge in [0.1, 0.15) is 5.75 Å². The standard InChI is InChI=1S/C25H23ClO3S/c1-2-18-8-6-7-11-21(18)22(19-9-4-3-5-10-19)14-15-30-20-12-13-24(23(26)16-20)29-17-25(27)28/h3-14,16H,2,15,17H2,1H3,(H,27,28)/b22-14-. The molecular weight excluding hydrogens is 416 g/mol. The second-order valence-corrected chi connectivity index (χ2v) is 8.08. The molecule has 0 unspecified atom stereocenters. The molecule has 0 aliphatic carbocycles. The summed E-state index contributed by atoms with van der Waals surface area (Å²) in [5.41, 5.74) is 4.98. The fourth-order valence-electron chi connectivity index (χ4n) is 3.14. The van der Waals surface area contributed by atoms with Crippen LogP contribution in [0.4, 0.5) is 0 Å². The molecule has 154 valence electrons. The molecule has 30 heavy (non-hydrogen) atoms. The second-order valence-electron chi connectivity index (χ2n) is 6.58. The fraction of sp³-hybridized carbons (Fsp3) is 0.160. The van der Waals surface area contributed by atoms with Crippen molar-refractivity contribution in [3.8, 4) is 5.75 Å². The van der Waals surface area contributed by atoms with Crippen molar-refractivity contribution in [2.75, 3.05) is 12.4 Å². The van der Waals surface area contributed by atoms with Crippen LogP contribution in [0.5, 0.6) is 5.75 Å². The van der Waals surface area contributed by atoms with Crippen LogP contribution >= 0.6 is 23.4 Å². The Morgan fingerprint density at radius 2 is 1.80 bits per heavy atom. The number of carboxylic acid groups (broad SMARTS) is 1. The largest absolute Gasteiger partial charge is 0.480 e. The molecule has 3 nitrogen and oxygen atoms in total. The van der Waals surface area contributed by atoms with E-state index in [1.54, 1.807) is 23.9 Å². The highest BCUT2D eigenvalue weighted by molar-refractivity contribution is 7.99. The van der Waals surface area contributed by atoms with Crippen LogP contribution in [0.15, 0.2) is 83.8 Å². The third kappa shape index (κ3) is 5.91. The van der Waals surface area contributed by atoms with Crippen LogP contribution in [0.1, 0.15) is 23.6 Å². The summed E-state index contributed by atoms with van der Waals surface area (Å²) in [5, 5.41) is 9.14. The van der Waals surface area contributed by atoms with Gasteiger partial charge in [0.2, 0.25) is 0 Å². The summed E-state index contributed by atoms with van der Waals surface area (Å²) >= 11 is 7.91. The molecule has 0 saturated carbocycles. The average Bonchev–Trinajstić information content (AvgIpc) is 2.76. The molecule has 3 rings (SSSR count). The van der Waals surface area contributed by atoms with Crippen LogP contribution in [0.25, 0.3) is 5.57 Å². The van der Waals surface area contributed by atoms with E-state index < -0.39 is 12.6 Å². The summed E-state index contributed by atoms with van der Waals surface area (Å²) in [4.78, 5) is 11.7. The van der Waals surface area contributed by atoms with E-state index in [1.807, 2.05) is 12.1 Å². The average molecular weight is 439 g/mol. The maximum absolute atomic E-state index is 10.7. The molecule has 0 fully saturated rings. The third-order valence-electron chi connectivity index (χ3n) is 4.57. The number of rotatable bonds is 9. The number of halogens is 1. The zero-order valence-electron chi connectivity index (χ0n) is 16.7. The number of ether oxygens (including phenoxy) is 1. The van der Waals surface area contributed by atoms with Gasteiger partial charge in [0, 0.05) is 10.6 Å². The van der Waals surface area contributed by atoms with E-state index in [2.05, 4.69) is 61.5 Å². The molecule has 0 aliphatic heterocycles. The second kappa shape index (κ2) is 10.9. The number of benzene rings is 3. The Morgan fingerprint density at radius 1 is 1.07 bits per heavy atom. The van der Waals surface area contributed by atoms with E-state index >= 15 is 0 Å². The number of hydrogen-bond acceptors (Lipinski definition) is 3. The lowest BCUT2D eigenvalue weighted by Crippen LogP contribution is -2.09. The smallest absolute Gasteiger partial charge is 0.341 e. The first kappa shape index (κ1) is 22.0. The van der Waals surface area contributed by atoms with Gasteiger partial charge < -0.3 is 9.84 Å². The highest BCUT2D eigenvalue weighted by Crippen LogP contribution is 2.32. The molecule has 0 radical (unpaired) electrons. The maximum Gasteiger partial charge on any atom is 0.341 e. The Balaban J connectivity index is 1.80. The monoisotopic (exact) mass is 438 g/mol. The van der Waals surface area contributed by atoms with Gasteiger partial charge in [-0.1, -0.05) is 79.2 Å². The number of carboxylic acids is 1. The Labute approximate surface area is 186 Å². The van der Waals surface area contributed by atoms with Crippen molar-refractivity contribution in [2.24, 2.45) is 0 Å². The van der Waals surface area contributed by atoms with E-state index in [4.69, 9.17) is 21.4 Å². The molecule has 0 aromatic heterocycles. The van der Waals surface area contributed by atoms with Crippen LogP contribution in [-0.4, -0.2) is 23.4 Å². The minimum atomic E-state index is -1.03. The van der Waals surface area contributed by atoms with Crippen molar-refractivity contribution in [1.82, 2.24) is 0 Å². The molecule has 5 heteroatoms. The molecule has 3 aromatic rings. The first-order valence-corrected chi connectivity index (χ1v) is 11.1. The van der Waals surface area contributed by atoms with Crippen molar-refractivity contribution in [1.29, 1.82) is 0 Å². The van der Waals surface area contributed by atoms with Gasteiger partial charge in [0.25, 0.3) is 0 Å². The molecule has 1 N–H and O–H groups in total. The quantitative estimate of drug-likeness (QED) is 0.383. The van der Waals surface area contributed by atoms with Gasteiger partial charge in [-0.2, -0.15) is 0 Å². The van der Waals surface area contributed by atoms with Crippen LogP contribution in [0.3, 0.4) is 0 Å². The van der Waals surface area contributed by atoms with Crippen molar-refractivity contribution in [3.05, 3.63) is 101 Å². The summed E-state index contributed by atoms with van der Waals surface area (Å²) in [6.07, 6.45) is 3.22. The number of aryl methyl sites for hydroxylation is 1. The molecule has 0 aliphatic rings. The molecular formula is C25H23ClO3S. The third-order valence-corrected chi connectivity index (χ3v) is 5.78. The normalized spacial score (nSPS) is 11.3. The molecule has 0 saturated heterocycles. The van der Waals surface area contributed by atoms with E-state index in [1.165, 1.54) is 22.3 Å². The molecule has 0 bridgehead atoms. The lowest BCUT2D eigenvalue weighted by molar-refractivity contribution is -0.139. The fourth-order valence-corrected chi connectivity index (χ4v) is 4.25. The van der Waals surface area contributed by atoms with Crippen molar-refractivity contribution >= 4 is 34.9 Å². The first-order chi connectivity index (χ1) is 14.6. The zero-order valence-corrected chi connectivity index (χ0v) is 18.2. The summed E-state index contributed by atoms with van der Waals surface area (Å²) in [7, 11) is 0. The first-order valence-electron chi connectivity index (χ1n) is 9.69. The van der Waals surface area contributed by atoms with Gasteiger partial charge in [0.15, 0.2) is 6.61 Å². The van der Waals surface area contributed by atoms with Crippen LogP contribution in [-0.2, 0) is 11.2 Å². The number of aliphatic carboxylic acids is 1. The number of carbonyl (C=O) groups is 1. The Kier molecular flexibility index (Phi) is 8.00. The molecule has 0 atom stereocenters. The van der Waals surface area contributed by atoms with Crippen molar-refractivity contribution in [3.63, 3.8) is 0 Å². The summed E-state index contributed by atoms with van der Waals surface area (Å²) in [6.45, 7) is 1.76. The molecule has 0 heterocycles. The number of hydrogen-bond donors (Lipinski definition) is 1. The Hall–Kier alpha value is -2.69. The molecule has 0 spiro atoms. The summed E-state index contributed by atoms with van der Waals surface area (Å²) in [5.74, 6) is 0.116. The summed E-state index contributed by atoms with van der Waals surface area (Å²) < 4.78 is 5.18. The van der Waals surface area contributed by atoms with E-state index in [9.17, 15) is 4.79 Å². The van der Waals surface area contributed by atoms with Crippen LogP contribution in [0, 0.1) is 0 Å². The van der Waals surface area contributed by atoms with Gasteiger partial charge in [0.05, 0.1) is 5.02 Å².